The van der Waals surface area contributed by atoms with E-state index in [2.05, 4.69) is 189 Å². The van der Waals surface area contributed by atoms with Crippen molar-refractivity contribution in [3.05, 3.63) is 178 Å². The molecule has 0 amide bonds. The average molecular weight is 735 g/mol. The van der Waals surface area contributed by atoms with Gasteiger partial charge in [-0.3, -0.25) is 0 Å². The van der Waals surface area contributed by atoms with Crippen LogP contribution in [0.25, 0.3) is 98.8 Å². The molecule has 10 aromatic rings. The molecule has 0 aliphatic carbocycles. The first-order chi connectivity index (χ1) is 27.6. The van der Waals surface area contributed by atoms with Gasteiger partial charge in [0.15, 0.2) is 0 Å². The Labute approximate surface area is 335 Å². The van der Waals surface area contributed by atoms with Crippen LogP contribution in [-0.2, 0) is 0 Å². The summed E-state index contributed by atoms with van der Waals surface area (Å²) in [7, 11) is 0. The summed E-state index contributed by atoms with van der Waals surface area (Å²) in [6.07, 6.45) is 0. The van der Waals surface area contributed by atoms with Crippen LogP contribution in [-0.4, -0.2) is 0 Å². The second-order valence-electron chi connectivity index (χ2n) is 16.3. The summed E-state index contributed by atoms with van der Waals surface area (Å²) in [4.78, 5) is 0. The molecular formula is C56H46O. The SMILES string of the molecule is Cc1c(C)c(C)c2c(-c3ccc4oc5cc6ccccc6cc5c4c3)c3c(C)c(C)c(C)c(C)c3c(-c3ccc(-c4ccc(-c5ccccc5)cc4)cc3)c2c1C. The van der Waals surface area contributed by atoms with Crippen LogP contribution in [0.1, 0.15) is 44.5 Å². The normalized spacial score (nSPS) is 11.9. The van der Waals surface area contributed by atoms with Gasteiger partial charge in [-0.2, -0.15) is 0 Å². The molecule has 0 spiro atoms. The van der Waals surface area contributed by atoms with Crippen molar-refractivity contribution >= 4 is 54.3 Å². The number of fused-ring (bicyclic) bond motifs is 6. The van der Waals surface area contributed by atoms with Gasteiger partial charge in [0, 0.05) is 10.8 Å². The maximum absolute atomic E-state index is 6.53. The lowest BCUT2D eigenvalue weighted by Crippen LogP contribution is -2.03. The summed E-state index contributed by atoms with van der Waals surface area (Å²) in [6, 6.07) is 48.8. The zero-order chi connectivity index (χ0) is 39.3. The van der Waals surface area contributed by atoms with Gasteiger partial charge in [0.2, 0.25) is 0 Å². The number of rotatable bonds is 4. The van der Waals surface area contributed by atoms with E-state index in [9.17, 15) is 0 Å². The predicted molar refractivity (Wildman–Crippen MR) is 246 cm³/mol. The Morgan fingerprint density at radius 2 is 0.649 bits per heavy atom. The molecule has 276 valence electrons. The fraction of sp³-hybridized carbons (Fsp3) is 0.143. The smallest absolute Gasteiger partial charge is 0.136 e. The van der Waals surface area contributed by atoms with E-state index in [0.29, 0.717) is 0 Å². The summed E-state index contributed by atoms with van der Waals surface area (Å²) in [5, 5.41) is 10.1. The van der Waals surface area contributed by atoms with E-state index in [1.165, 1.54) is 121 Å². The lowest BCUT2D eigenvalue weighted by atomic mass is 9.76. The first-order valence-electron chi connectivity index (χ1n) is 20.2. The van der Waals surface area contributed by atoms with Gasteiger partial charge in [-0.05, 0) is 201 Å². The van der Waals surface area contributed by atoms with Crippen LogP contribution in [0.4, 0.5) is 0 Å². The van der Waals surface area contributed by atoms with Gasteiger partial charge in [0.1, 0.15) is 11.2 Å². The van der Waals surface area contributed by atoms with Gasteiger partial charge in [-0.15, -0.1) is 0 Å². The van der Waals surface area contributed by atoms with Crippen molar-refractivity contribution in [3.63, 3.8) is 0 Å². The molecule has 0 saturated carbocycles. The molecule has 0 unspecified atom stereocenters. The summed E-state index contributed by atoms with van der Waals surface area (Å²) < 4.78 is 6.53. The van der Waals surface area contributed by atoms with Crippen LogP contribution in [0, 0.1) is 55.4 Å². The number of hydrogen-bond acceptors (Lipinski definition) is 1. The molecule has 1 nitrogen and oxygen atoms in total. The molecule has 1 aromatic heterocycles. The topological polar surface area (TPSA) is 13.1 Å². The Kier molecular flexibility index (Phi) is 8.03. The van der Waals surface area contributed by atoms with Crippen LogP contribution in [0.15, 0.2) is 138 Å². The number of furan rings is 1. The molecule has 0 bridgehead atoms. The summed E-state index contributed by atoms with van der Waals surface area (Å²) in [5.74, 6) is 0. The van der Waals surface area contributed by atoms with E-state index in [0.717, 1.165) is 21.9 Å². The molecule has 0 fully saturated rings. The summed E-state index contributed by atoms with van der Waals surface area (Å²) >= 11 is 0. The van der Waals surface area contributed by atoms with Crippen molar-refractivity contribution in [2.24, 2.45) is 0 Å². The van der Waals surface area contributed by atoms with E-state index < -0.39 is 0 Å². The Morgan fingerprint density at radius 1 is 0.281 bits per heavy atom. The predicted octanol–water partition coefficient (Wildman–Crippen LogP) is 16.2. The Bertz CT molecular complexity index is 3180. The highest BCUT2D eigenvalue weighted by atomic mass is 16.3. The molecule has 1 heteroatoms. The maximum Gasteiger partial charge on any atom is 0.136 e. The lowest BCUT2D eigenvalue weighted by Gasteiger charge is -2.27. The van der Waals surface area contributed by atoms with Crippen LogP contribution in [0.5, 0.6) is 0 Å². The zero-order valence-electron chi connectivity index (χ0n) is 34.1. The Balaban J connectivity index is 1.26. The highest BCUT2D eigenvalue weighted by Crippen LogP contribution is 2.51. The van der Waals surface area contributed by atoms with Gasteiger partial charge in [-0.25, -0.2) is 0 Å². The van der Waals surface area contributed by atoms with Crippen molar-refractivity contribution in [3.8, 4) is 44.5 Å². The average Bonchev–Trinajstić information content (AvgIpc) is 3.61. The first kappa shape index (κ1) is 35.0. The van der Waals surface area contributed by atoms with E-state index in [1.807, 2.05) is 0 Å². The fourth-order valence-corrected chi connectivity index (χ4v) is 9.64. The summed E-state index contributed by atoms with van der Waals surface area (Å²) in [6.45, 7) is 18.6. The third-order valence-electron chi connectivity index (χ3n) is 13.5. The Hall–Kier alpha value is -6.44. The van der Waals surface area contributed by atoms with Crippen LogP contribution < -0.4 is 0 Å². The quantitative estimate of drug-likeness (QED) is 0.164. The molecule has 0 aliphatic rings. The highest BCUT2D eigenvalue weighted by molar-refractivity contribution is 6.26. The van der Waals surface area contributed by atoms with E-state index >= 15 is 0 Å². The first-order valence-corrected chi connectivity index (χ1v) is 20.2. The number of aryl methyl sites for hydroxylation is 4. The van der Waals surface area contributed by atoms with Crippen molar-refractivity contribution in [1.82, 2.24) is 0 Å². The van der Waals surface area contributed by atoms with E-state index in [1.54, 1.807) is 0 Å². The molecule has 57 heavy (non-hydrogen) atoms. The molecule has 0 saturated heterocycles. The van der Waals surface area contributed by atoms with Crippen molar-refractivity contribution in [2.75, 3.05) is 0 Å². The molecule has 0 radical (unpaired) electrons. The van der Waals surface area contributed by atoms with E-state index in [4.69, 9.17) is 4.42 Å². The third-order valence-corrected chi connectivity index (χ3v) is 13.5. The van der Waals surface area contributed by atoms with E-state index in [-0.39, 0.29) is 0 Å². The van der Waals surface area contributed by atoms with Crippen LogP contribution in [0.3, 0.4) is 0 Å². The zero-order valence-corrected chi connectivity index (χ0v) is 34.1. The van der Waals surface area contributed by atoms with Gasteiger partial charge in [0.05, 0.1) is 0 Å². The molecule has 1 heterocycles. The van der Waals surface area contributed by atoms with Crippen molar-refractivity contribution in [1.29, 1.82) is 0 Å². The van der Waals surface area contributed by atoms with Crippen molar-refractivity contribution in [2.45, 2.75) is 55.4 Å². The maximum atomic E-state index is 6.53. The monoisotopic (exact) mass is 734 g/mol. The minimum absolute atomic E-state index is 0.920. The molecule has 10 rings (SSSR count). The molecule has 0 atom stereocenters. The minimum Gasteiger partial charge on any atom is -0.456 e. The molecule has 9 aromatic carbocycles. The second-order valence-corrected chi connectivity index (χ2v) is 16.3. The van der Waals surface area contributed by atoms with Gasteiger partial charge < -0.3 is 4.42 Å². The summed E-state index contributed by atoms with van der Waals surface area (Å²) in [5.41, 5.74) is 22.7. The second kappa shape index (κ2) is 13.1. The number of benzene rings is 9. The standard InChI is InChI=1S/C56H46O/c1-31-33(3)37(7)53-51(35(31)5)55(43-24-22-42(23-25-43)41-20-18-40(19-21-41)39-14-10-9-11-15-39)52-36(6)32(2)34(4)38(8)54(52)56(53)46-26-27-49-47(29-46)48-28-44-16-12-13-17-45(44)30-50(48)57-49/h9-30H,1-8H3. The Morgan fingerprint density at radius 3 is 1.14 bits per heavy atom. The number of hydrogen-bond donors (Lipinski definition) is 0. The van der Waals surface area contributed by atoms with Crippen molar-refractivity contribution < 1.29 is 4.42 Å². The van der Waals surface area contributed by atoms with Crippen LogP contribution >= 0.6 is 0 Å². The molecule has 0 aliphatic heterocycles. The van der Waals surface area contributed by atoms with Gasteiger partial charge in [-0.1, -0.05) is 109 Å². The van der Waals surface area contributed by atoms with Gasteiger partial charge in [0.25, 0.3) is 0 Å². The fourth-order valence-electron chi connectivity index (χ4n) is 9.64. The lowest BCUT2D eigenvalue weighted by molar-refractivity contribution is 0.669. The van der Waals surface area contributed by atoms with Crippen LogP contribution in [0.2, 0.25) is 0 Å². The largest absolute Gasteiger partial charge is 0.456 e. The molecule has 0 N–H and O–H groups in total. The van der Waals surface area contributed by atoms with Gasteiger partial charge >= 0.3 is 0 Å². The molecular weight excluding hydrogens is 689 g/mol. The minimum atomic E-state index is 0.920. The highest BCUT2D eigenvalue weighted by Gasteiger charge is 2.26. The third kappa shape index (κ3) is 5.29.